The van der Waals surface area contributed by atoms with Crippen LogP contribution in [0.4, 0.5) is 0 Å². The summed E-state index contributed by atoms with van der Waals surface area (Å²) in [5.41, 5.74) is 0.501. The maximum absolute atomic E-state index is 11.9. The molecule has 0 aliphatic carbocycles. The van der Waals surface area contributed by atoms with E-state index in [1.165, 1.54) is 0 Å². The summed E-state index contributed by atoms with van der Waals surface area (Å²) in [6.45, 7) is 0.973. The topological polar surface area (TPSA) is 76.7 Å². The second-order valence-corrected chi connectivity index (χ2v) is 6.25. The van der Waals surface area contributed by atoms with Gasteiger partial charge in [0, 0.05) is 23.6 Å². The van der Waals surface area contributed by atoms with Crippen LogP contribution < -0.4 is 20.1 Å². The van der Waals surface area contributed by atoms with Crippen molar-refractivity contribution in [3.05, 3.63) is 59.1 Å². The Morgan fingerprint density at radius 1 is 1.04 bits per heavy atom. The van der Waals surface area contributed by atoms with Crippen LogP contribution in [0.25, 0.3) is 0 Å². The van der Waals surface area contributed by atoms with Gasteiger partial charge >= 0.3 is 0 Å². The molecule has 26 heavy (non-hydrogen) atoms. The summed E-state index contributed by atoms with van der Waals surface area (Å²) in [6.07, 6.45) is -0.0544. The highest BCUT2D eigenvalue weighted by atomic mass is 35.5. The Hall–Kier alpha value is -2.73. The van der Waals surface area contributed by atoms with E-state index in [0.29, 0.717) is 35.2 Å². The number of benzene rings is 2. The third-order valence-electron chi connectivity index (χ3n) is 3.84. The van der Waals surface area contributed by atoms with E-state index in [2.05, 4.69) is 10.6 Å². The lowest BCUT2D eigenvalue weighted by Gasteiger charge is -2.26. The van der Waals surface area contributed by atoms with Gasteiger partial charge in [0.25, 0.3) is 5.91 Å². The first-order valence-electron chi connectivity index (χ1n) is 8.31. The summed E-state index contributed by atoms with van der Waals surface area (Å²) in [5, 5.41) is 6.06. The zero-order valence-electron chi connectivity index (χ0n) is 14.0. The lowest BCUT2D eigenvalue weighted by molar-refractivity contribution is -0.121. The molecule has 2 aromatic rings. The molecule has 0 bridgehead atoms. The zero-order valence-corrected chi connectivity index (χ0v) is 14.8. The Bertz CT molecular complexity index is 779. The van der Waals surface area contributed by atoms with Crippen LogP contribution >= 0.6 is 11.6 Å². The fourth-order valence-electron chi connectivity index (χ4n) is 2.47. The molecule has 0 spiro atoms. The molecule has 1 heterocycles. The fraction of sp³-hybridized carbons (Fsp3) is 0.263. The molecule has 7 heteroatoms. The molecule has 1 aliphatic heterocycles. The van der Waals surface area contributed by atoms with Gasteiger partial charge in [-0.25, -0.2) is 0 Å². The van der Waals surface area contributed by atoms with Gasteiger partial charge in [0.15, 0.2) is 11.5 Å². The lowest BCUT2D eigenvalue weighted by atomic mass is 10.2. The number of hydrogen-bond acceptors (Lipinski definition) is 4. The first kappa shape index (κ1) is 18.1. The number of ether oxygens (including phenoxy) is 2. The minimum absolute atomic E-state index is 0.163. The second-order valence-electron chi connectivity index (χ2n) is 5.81. The molecule has 1 aliphatic rings. The highest BCUT2D eigenvalue weighted by molar-refractivity contribution is 6.30. The van der Waals surface area contributed by atoms with Crippen molar-refractivity contribution in [2.24, 2.45) is 0 Å². The molecule has 0 saturated heterocycles. The van der Waals surface area contributed by atoms with Gasteiger partial charge in [0.2, 0.25) is 5.91 Å². The van der Waals surface area contributed by atoms with Gasteiger partial charge in [-0.15, -0.1) is 0 Å². The number of hydrogen-bond donors (Lipinski definition) is 2. The molecule has 0 unspecified atom stereocenters. The highest BCUT2D eigenvalue weighted by Gasteiger charge is 2.20. The lowest BCUT2D eigenvalue weighted by Crippen LogP contribution is -2.41. The van der Waals surface area contributed by atoms with Crippen LogP contribution in [-0.4, -0.2) is 37.6 Å². The number of para-hydroxylation sites is 2. The summed E-state index contributed by atoms with van der Waals surface area (Å²) in [4.78, 5) is 23.9. The normalized spacial score (nSPS) is 15.2. The summed E-state index contributed by atoms with van der Waals surface area (Å²) < 4.78 is 11.4. The Kier molecular flexibility index (Phi) is 5.96. The molecule has 6 nitrogen and oxygen atoms in total. The molecule has 0 fully saturated rings. The van der Waals surface area contributed by atoms with Crippen LogP contribution in [-0.2, 0) is 4.79 Å². The molecular weight excluding hydrogens is 356 g/mol. The second kappa shape index (κ2) is 8.58. The van der Waals surface area contributed by atoms with E-state index in [0.717, 1.165) is 0 Å². The van der Waals surface area contributed by atoms with Gasteiger partial charge in [-0.3, -0.25) is 9.59 Å². The third-order valence-corrected chi connectivity index (χ3v) is 4.09. The molecular formula is C19H19ClN2O4. The quantitative estimate of drug-likeness (QED) is 0.814. The van der Waals surface area contributed by atoms with E-state index in [-0.39, 0.29) is 30.9 Å². The Labute approximate surface area is 156 Å². The van der Waals surface area contributed by atoms with Crippen LogP contribution in [0.15, 0.2) is 48.5 Å². The fourth-order valence-corrected chi connectivity index (χ4v) is 2.60. The molecule has 3 rings (SSSR count). The number of carbonyl (C=O) groups excluding carboxylic acids is 2. The summed E-state index contributed by atoms with van der Waals surface area (Å²) in [7, 11) is 0. The van der Waals surface area contributed by atoms with Crippen LogP contribution in [0, 0.1) is 0 Å². The van der Waals surface area contributed by atoms with Crippen molar-refractivity contribution in [3.8, 4) is 11.5 Å². The Morgan fingerprint density at radius 3 is 2.54 bits per heavy atom. The minimum atomic E-state index is -0.241. The molecule has 2 aromatic carbocycles. The number of nitrogens with one attached hydrogen (secondary N) is 2. The van der Waals surface area contributed by atoms with Crippen molar-refractivity contribution in [1.82, 2.24) is 10.6 Å². The van der Waals surface area contributed by atoms with Gasteiger partial charge in [-0.2, -0.15) is 0 Å². The van der Waals surface area contributed by atoms with E-state index < -0.39 is 0 Å². The number of rotatable bonds is 6. The van der Waals surface area contributed by atoms with Crippen molar-refractivity contribution in [1.29, 1.82) is 0 Å². The molecule has 1 atom stereocenters. The van der Waals surface area contributed by atoms with Crippen molar-refractivity contribution >= 4 is 23.4 Å². The van der Waals surface area contributed by atoms with E-state index in [1.54, 1.807) is 24.3 Å². The maximum atomic E-state index is 11.9. The number of fused-ring (bicyclic) bond motifs is 1. The molecule has 0 saturated carbocycles. The molecule has 0 aromatic heterocycles. The van der Waals surface area contributed by atoms with E-state index >= 15 is 0 Å². The summed E-state index contributed by atoms with van der Waals surface area (Å²) in [5.74, 6) is 0.979. The summed E-state index contributed by atoms with van der Waals surface area (Å²) >= 11 is 5.79. The smallest absolute Gasteiger partial charge is 0.251 e. The number of amides is 2. The Balaban J connectivity index is 1.36. The average molecular weight is 375 g/mol. The van der Waals surface area contributed by atoms with Gasteiger partial charge < -0.3 is 20.1 Å². The molecule has 2 N–H and O–H groups in total. The average Bonchev–Trinajstić information content (AvgIpc) is 2.66. The molecule has 0 radical (unpaired) electrons. The highest BCUT2D eigenvalue weighted by Crippen LogP contribution is 2.30. The van der Waals surface area contributed by atoms with Crippen molar-refractivity contribution in [2.45, 2.75) is 12.5 Å². The van der Waals surface area contributed by atoms with Gasteiger partial charge in [0.1, 0.15) is 12.7 Å². The SMILES string of the molecule is O=C(CCNC(=O)c1ccc(Cl)cc1)NC[C@@H]1COc2ccccc2O1. The summed E-state index contributed by atoms with van der Waals surface area (Å²) in [6, 6.07) is 14.0. The van der Waals surface area contributed by atoms with Crippen LogP contribution in [0.3, 0.4) is 0 Å². The predicted octanol–water partition coefficient (Wildman–Crippen LogP) is 2.42. The monoisotopic (exact) mass is 374 g/mol. The van der Waals surface area contributed by atoms with Crippen molar-refractivity contribution in [2.75, 3.05) is 19.7 Å². The number of carbonyl (C=O) groups is 2. The van der Waals surface area contributed by atoms with Gasteiger partial charge in [-0.1, -0.05) is 23.7 Å². The van der Waals surface area contributed by atoms with E-state index in [1.807, 2.05) is 24.3 Å². The van der Waals surface area contributed by atoms with Gasteiger partial charge in [0.05, 0.1) is 6.54 Å². The molecule has 136 valence electrons. The van der Waals surface area contributed by atoms with Crippen LogP contribution in [0.1, 0.15) is 16.8 Å². The van der Waals surface area contributed by atoms with Gasteiger partial charge in [-0.05, 0) is 36.4 Å². The van der Waals surface area contributed by atoms with Crippen molar-refractivity contribution in [3.63, 3.8) is 0 Å². The first-order valence-corrected chi connectivity index (χ1v) is 8.68. The zero-order chi connectivity index (χ0) is 18.4. The van der Waals surface area contributed by atoms with E-state index in [4.69, 9.17) is 21.1 Å². The van der Waals surface area contributed by atoms with Crippen LogP contribution in [0.2, 0.25) is 5.02 Å². The predicted molar refractivity (Wildman–Crippen MR) is 97.8 cm³/mol. The largest absolute Gasteiger partial charge is 0.486 e. The first-order chi connectivity index (χ1) is 12.6. The van der Waals surface area contributed by atoms with Crippen LogP contribution in [0.5, 0.6) is 11.5 Å². The minimum Gasteiger partial charge on any atom is -0.486 e. The maximum Gasteiger partial charge on any atom is 0.251 e. The van der Waals surface area contributed by atoms with E-state index in [9.17, 15) is 9.59 Å². The van der Waals surface area contributed by atoms with Crippen molar-refractivity contribution < 1.29 is 19.1 Å². The number of halogens is 1. The molecule has 2 amide bonds. The Morgan fingerprint density at radius 2 is 1.77 bits per heavy atom. The standard InChI is InChI=1S/C19H19ClN2O4/c20-14-7-5-13(6-8-14)19(24)21-10-9-18(23)22-11-15-12-25-16-3-1-2-4-17(16)26-15/h1-8,15H,9-12H2,(H,21,24)(H,22,23)/t15-/m1/s1. The third kappa shape index (κ3) is 4.89.